The third-order valence-corrected chi connectivity index (χ3v) is 8.62. The fourth-order valence-corrected chi connectivity index (χ4v) is 7.47. The first-order valence-electron chi connectivity index (χ1n) is 9.50. The Labute approximate surface area is 166 Å². The maximum atomic E-state index is 2.44. The molecule has 27 heavy (non-hydrogen) atoms. The highest BCUT2D eigenvalue weighted by Crippen LogP contribution is 2.48. The molecule has 2 heteroatoms. The molecule has 3 rings (SSSR count). The Morgan fingerprint density at radius 1 is 0.556 bits per heavy atom. The van der Waals surface area contributed by atoms with E-state index in [0.29, 0.717) is 0 Å². The van der Waals surface area contributed by atoms with Crippen LogP contribution >= 0.6 is 14.4 Å². The Morgan fingerprint density at radius 2 is 0.889 bits per heavy atom. The molecule has 0 fully saturated rings. The summed E-state index contributed by atoms with van der Waals surface area (Å²) in [6.07, 6.45) is 0. The minimum Gasteiger partial charge on any atom is -0.0864 e. The van der Waals surface area contributed by atoms with E-state index < -0.39 is 6.55 Å². The van der Waals surface area contributed by atoms with Crippen LogP contribution in [0.1, 0.15) is 22.3 Å². The summed E-state index contributed by atoms with van der Waals surface area (Å²) in [4.78, 5) is 0. The highest BCUT2D eigenvalue weighted by molar-refractivity contribution is 8.06. The summed E-state index contributed by atoms with van der Waals surface area (Å²) in [5.74, 6) is 0. The van der Waals surface area contributed by atoms with E-state index in [0.717, 1.165) is 0 Å². The molecule has 0 spiro atoms. The standard InChI is InChI=1S/C25H30P2/c1-17-11-8-12-18(2)23(17)21-15-10-16-22(25(21)26-27(5,6)7)24-19(3)13-9-14-20(24)4/h8-16H,1-7H3. The third-order valence-electron chi connectivity index (χ3n) is 4.94. The molecule has 0 nitrogen and oxygen atoms in total. The summed E-state index contributed by atoms with van der Waals surface area (Å²) in [6.45, 7) is 15.2. The maximum Gasteiger partial charge on any atom is 0.0173 e. The number of benzene rings is 3. The van der Waals surface area contributed by atoms with Crippen molar-refractivity contribution in [1.82, 2.24) is 0 Å². The van der Waals surface area contributed by atoms with Crippen LogP contribution in [0.25, 0.3) is 22.3 Å². The molecular weight excluding hydrogens is 362 g/mol. The largest absolute Gasteiger partial charge is 0.0864 e. The van der Waals surface area contributed by atoms with Gasteiger partial charge in [-0.25, -0.2) is 0 Å². The molecular formula is C25H30P2. The number of aryl methyl sites for hydroxylation is 4. The SMILES string of the molecule is Cc1cccc(C)c1-c1cccc(-c2c(C)cccc2C)c1P=P(C)(C)C. The van der Waals surface area contributed by atoms with Crippen LogP contribution in [0.15, 0.2) is 54.6 Å². The normalized spacial score (nSPS) is 11.8. The van der Waals surface area contributed by atoms with Crippen molar-refractivity contribution in [2.75, 3.05) is 20.0 Å². The van der Waals surface area contributed by atoms with Crippen molar-refractivity contribution >= 4 is 19.7 Å². The molecule has 0 unspecified atom stereocenters. The summed E-state index contributed by atoms with van der Waals surface area (Å²) in [5.41, 5.74) is 11.1. The summed E-state index contributed by atoms with van der Waals surface area (Å²) in [6, 6.07) is 20.2. The number of hydrogen-bond acceptors (Lipinski definition) is 0. The first-order valence-corrected chi connectivity index (χ1v) is 14.2. The van der Waals surface area contributed by atoms with Gasteiger partial charge in [-0.1, -0.05) is 69.0 Å². The van der Waals surface area contributed by atoms with Crippen LogP contribution in [0.2, 0.25) is 0 Å². The van der Waals surface area contributed by atoms with E-state index in [9.17, 15) is 0 Å². The van der Waals surface area contributed by atoms with Gasteiger partial charge in [0.25, 0.3) is 0 Å². The van der Waals surface area contributed by atoms with Crippen molar-refractivity contribution in [2.24, 2.45) is 0 Å². The van der Waals surface area contributed by atoms with Gasteiger partial charge in [-0.2, -0.15) is 0 Å². The van der Waals surface area contributed by atoms with Gasteiger partial charge in [-0.15, -0.1) is 0 Å². The van der Waals surface area contributed by atoms with Crippen molar-refractivity contribution < 1.29 is 0 Å². The fourth-order valence-electron chi connectivity index (χ4n) is 3.83. The molecule has 0 saturated carbocycles. The minimum atomic E-state index is -1.02. The molecule has 0 amide bonds. The summed E-state index contributed by atoms with van der Waals surface area (Å²) in [5, 5.41) is 1.49. The first-order chi connectivity index (χ1) is 12.7. The van der Waals surface area contributed by atoms with Gasteiger partial charge in [0.05, 0.1) is 0 Å². The van der Waals surface area contributed by atoms with Crippen molar-refractivity contribution in [1.29, 1.82) is 0 Å². The molecule has 0 radical (unpaired) electrons. The summed E-state index contributed by atoms with van der Waals surface area (Å²) in [7, 11) is 1.47. The average Bonchev–Trinajstić information content (AvgIpc) is 2.55. The van der Waals surface area contributed by atoms with E-state index >= 15 is 0 Å². The van der Waals surface area contributed by atoms with Crippen LogP contribution in [0.5, 0.6) is 0 Å². The topological polar surface area (TPSA) is 0 Å². The van der Waals surface area contributed by atoms with Gasteiger partial charge in [0, 0.05) is 5.30 Å². The van der Waals surface area contributed by atoms with Crippen LogP contribution in [0, 0.1) is 27.7 Å². The van der Waals surface area contributed by atoms with E-state index in [1.54, 1.807) is 0 Å². The van der Waals surface area contributed by atoms with Crippen LogP contribution in [0.3, 0.4) is 0 Å². The Bertz CT molecular complexity index is 933. The van der Waals surface area contributed by atoms with Crippen LogP contribution in [0.4, 0.5) is 0 Å². The number of rotatable bonds is 3. The highest BCUT2D eigenvalue weighted by atomic mass is 31.8. The molecule has 0 aromatic heterocycles. The highest BCUT2D eigenvalue weighted by Gasteiger charge is 2.17. The smallest absolute Gasteiger partial charge is 0.0173 e. The van der Waals surface area contributed by atoms with Crippen molar-refractivity contribution in [3.8, 4) is 22.3 Å². The lowest BCUT2D eigenvalue weighted by atomic mass is 9.90. The van der Waals surface area contributed by atoms with E-state index in [1.807, 2.05) is 0 Å². The Balaban J connectivity index is 2.45. The van der Waals surface area contributed by atoms with Crippen LogP contribution in [-0.4, -0.2) is 20.0 Å². The predicted octanol–water partition coefficient (Wildman–Crippen LogP) is 7.65. The van der Waals surface area contributed by atoms with Crippen LogP contribution < -0.4 is 5.30 Å². The maximum absolute atomic E-state index is 2.44. The molecule has 3 aromatic rings. The fraction of sp³-hybridized carbons (Fsp3) is 0.280. The first kappa shape index (κ1) is 20.1. The van der Waals surface area contributed by atoms with Gasteiger partial charge in [-0.05, 0) is 92.2 Å². The molecule has 0 atom stereocenters. The van der Waals surface area contributed by atoms with Crippen molar-refractivity contribution in [3.63, 3.8) is 0 Å². The van der Waals surface area contributed by atoms with Gasteiger partial charge in [0.15, 0.2) is 0 Å². The summed E-state index contributed by atoms with van der Waals surface area (Å²) >= 11 is 0. The second kappa shape index (κ2) is 7.79. The molecule has 0 aliphatic carbocycles. The lowest BCUT2D eigenvalue weighted by molar-refractivity contribution is 1.37. The third kappa shape index (κ3) is 4.29. The molecule has 0 aliphatic rings. The Kier molecular flexibility index (Phi) is 5.81. The Hall–Kier alpha value is -1.61. The lowest BCUT2D eigenvalue weighted by Crippen LogP contribution is -2.07. The van der Waals surface area contributed by atoms with Gasteiger partial charge in [-0.3, -0.25) is 0 Å². The molecule has 0 N–H and O–H groups in total. The van der Waals surface area contributed by atoms with Gasteiger partial charge >= 0.3 is 0 Å². The minimum absolute atomic E-state index is 1.02. The van der Waals surface area contributed by atoms with Crippen molar-refractivity contribution in [2.45, 2.75) is 27.7 Å². The second-order valence-electron chi connectivity index (χ2n) is 8.28. The van der Waals surface area contributed by atoms with Gasteiger partial charge in [0.2, 0.25) is 0 Å². The lowest BCUT2D eigenvalue weighted by Gasteiger charge is -2.20. The summed E-state index contributed by atoms with van der Waals surface area (Å²) < 4.78 is 0. The zero-order valence-corrected chi connectivity index (χ0v) is 19.4. The molecule has 140 valence electrons. The van der Waals surface area contributed by atoms with Crippen molar-refractivity contribution in [3.05, 3.63) is 76.9 Å². The predicted molar refractivity (Wildman–Crippen MR) is 128 cm³/mol. The molecule has 3 aromatic carbocycles. The number of hydrogen-bond donors (Lipinski definition) is 0. The molecule has 0 saturated heterocycles. The Morgan fingerprint density at radius 3 is 1.22 bits per heavy atom. The van der Waals surface area contributed by atoms with E-state index in [1.165, 1.54) is 57.7 Å². The molecule has 0 aliphatic heterocycles. The van der Waals surface area contributed by atoms with Gasteiger partial charge in [0.1, 0.15) is 0 Å². The molecule has 0 bridgehead atoms. The second-order valence-corrected chi connectivity index (χ2v) is 17.0. The monoisotopic (exact) mass is 392 g/mol. The van der Waals surface area contributed by atoms with Gasteiger partial charge < -0.3 is 0 Å². The van der Waals surface area contributed by atoms with E-state index in [-0.39, 0.29) is 0 Å². The quantitative estimate of drug-likeness (QED) is 0.402. The zero-order valence-electron chi connectivity index (χ0n) is 17.6. The van der Waals surface area contributed by atoms with E-state index in [4.69, 9.17) is 0 Å². The average molecular weight is 392 g/mol. The zero-order chi connectivity index (χ0) is 19.8. The molecule has 0 heterocycles. The van der Waals surface area contributed by atoms with Crippen LogP contribution in [-0.2, 0) is 0 Å². The van der Waals surface area contributed by atoms with E-state index in [2.05, 4.69) is 102 Å².